The molecule has 1 N–H and O–H groups in total. The van der Waals surface area contributed by atoms with Crippen LogP contribution in [-0.4, -0.2) is 33.2 Å². The molecule has 27 heavy (non-hydrogen) atoms. The van der Waals surface area contributed by atoms with Gasteiger partial charge < -0.3 is 5.32 Å². The van der Waals surface area contributed by atoms with E-state index in [0.717, 1.165) is 48.4 Å². The van der Waals surface area contributed by atoms with Crippen molar-refractivity contribution in [1.29, 1.82) is 0 Å². The van der Waals surface area contributed by atoms with E-state index < -0.39 is 21.8 Å². The molecule has 5 nitrogen and oxygen atoms in total. The minimum absolute atomic E-state index is 0.0555. The predicted molar refractivity (Wildman–Crippen MR) is 97.9 cm³/mol. The van der Waals surface area contributed by atoms with Crippen molar-refractivity contribution in [3.05, 3.63) is 29.8 Å². The Morgan fingerprint density at radius 2 is 1.89 bits per heavy atom. The highest BCUT2D eigenvalue weighted by atomic mass is 32.2. The highest BCUT2D eigenvalue weighted by Crippen LogP contribution is 2.32. The van der Waals surface area contributed by atoms with Crippen LogP contribution >= 0.6 is 0 Å². The van der Waals surface area contributed by atoms with Gasteiger partial charge in [-0.3, -0.25) is 9.10 Å². The minimum Gasteiger partial charge on any atom is -0.353 e. The zero-order chi connectivity index (χ0) is 20.1. The third-order valence-corrected chi connectivity index (χ3v) is 5.79. The molecule has 2 rings (SSSR count). The van der Waals surface area contributed by atoms with Crippen LogP contribution in [0.5, 0.6) is 0 Å². The first-order valence-electron chi connectivity index (χ1n) is 9.02. The minimum atomic E-state index is -4.56. The number of alkyl halides is 3. The van der Waals surface area contributed by atoms with Gasteiger partial charge in [0, 0.05) is 19.0 Å². The van der Waals surface area contributed by atoms with Crippen LogP contribution in [0.25, 0.3) is 0 Å². The molecule has 1 aromatic rings. The lowest BCUT2D eigenvalue weighted by molar-refractivity contribution is -0.137. The molecule has 1 amide bonds. The second-order valence-electron chi connectivity index (χ2n) is 6.89. The standard InChI is InChI=1S/C18H25F3N2O3S/c1-27(25,26)23(16-10-5-7-14(13-16)18(19,20)21)12-6-11-17(24)22-15-8-3-2-4-9-15/h5,7,10,13,15H,2-4,6,8-9,11-12H2,1H3,(H,22,24). The Kier molecular flexibility index (Phi) is 7.13. The second kappa shape index (κ2) is 8.95. The van der Waals surface area contributed by atoms with E-state index in [1.54, 1.807) is 0 Å². The molecule has 0 unspecified atom stereocenters. The summed E-state index contributed by atoms with van der Waals surface area (Å²) in [5, 5.41) is 2.94. The third-order valence-electron chi connectivity index (χ3n) is 4.60. The summed E-state index contributed by atoms with van der Waals surface area (Å²) in [4.78, 5) is 12.0. The van der Waals surface area contributed by atoms with Crippen molar-refractivity contribution < 1.29 is 26.4 Å². The Balaban J connectivity index is 1.98. The molecule has 0 saturated heterocycles. The van der Waals surface area contributed by atoms with Gasteiger partial charge in [0.05, 0.1) is 17.5 Å². The third kappa shape index (κ3) is 6.71. The van der Waals surface area contributed by atoms with Crippen LogP contribution in [0.4, 0.5) is 18.9 Å². The molecule has 0 heterocycles. The Labute approximate surface area is 158 Å². The number of carbonyl (C=O) groups is 1. The predicted octanol–water partition coefficient (Wildman–Crippen LogP) is 3.70. The van der Waals surface area contributed by atoms with Crippen LogP contribution in [0.1, 0.15) is 50.5 Å². The number of hydrogen-bond donors (Lipinski definition) is 1. The summed E-state index contributed by atoms with van der Waals surface area (Å²) in [6.45, 7) is -0.0573. The average Bonchev–Trinajstić information content (AvgIpc) is 2.58. The number of amides is 1. The fourth-order valence-electron chi connectivity index (χ4n) is 3.25. The first-order valence-corrected chi connectivity index (χ1v) is 10.9. The fourth-order valence-corrected chi connectivity index (χ4v) is 4.21. The molecule has 152 valence electrons. The van der Waals surface area contributed by atoms with Gasteiger partial charge in [-0.05, 0) is 37.5 Å². The van der Waals surface area contributed by atoms with Gasteiger partial charge >= 0.3 is 6.18 Å². The van der Waals surface area contributed by atoms with Crippen LogP contribution in [0.3, 0.4) is 0 Å². The Bertz CT molecular complexity index is 744. The molecular formula is C18H25F3N2O3S. The molecule has 0 spiro atoms. The van der Waals surface area contributed by atoms with Gasteiger partial charge in [-0.2, -0.15) is 13.2 Å². The number of halogens is 3. The van der Waals surface area contributed by atoms with E-state index in [1.165, 1.54) is 18.6 Å². The SMILES string of the molecule is CS(=O)(=O)N(CCCC(=O)NC1CCCCC1)c1cccc(C(F)(F)F)c1. The van der Waals surface area contributed by atoms with Crippen molar-refractivity contribution in [2.45, 2.75) is 57.2 Å². The van der Waals surface area contributed by atoms with E-state index in [2.05, 4.69) is 5.32 Å². The summed E-state index contributed by atoms with van der Waals surface area (Å²) in [6, 6.07) is 4.36. The maximum absolute atomic E-state index is 12.9. The summed E-state index contributed by atoms with van der Waals surface area (Å²) >= 11 is 0. The van der Waals surface area contributed by atoms with E-state index in [1.807, 2.05) is 0 Å². The molecule has 1 aromatic carbocycles. The lowest BCUT2D eigenvalue weighted by atomic mass is 9.95. The number of rotatable bonds is 7. The van der Waals surface area contributed by atoms with E-state index in [0.29, 0.717) is 0 Å². The first kappa shape index (κ1) is 21.5. The monoisotopic (exact) mass is 406 g/mol. The van der Waals surface area contributed by atoms with Gasteiger partial charge in [0.25, 0.3) is 0 Å². The molecule has 1 fully saturated rings. The van der Waals surface area contributed by atoms with Crippen LogP contribution in [0.2, 0.25) is 0 Å². The number of carbonyl (C=O) groups excluding carboxylic acids is 1. The molecule has 9 heteroatoms. The van der Waals surface area contributed by atoms with Gasteiger partial charge in [0.2, 0.25) is 15.9 Å². The molecule has 1 aliphatic rings. The Morgan fingerprint density at radius 1 is 1.22 bits per heavy atom. The van der Waals surface area contributed by atoms with E-state index in [9.17, 15) is 26.4 Å². The van der Waals surface area contributed by atoms with Gasteiger partial charge in [-0.1, -0.05) is 25.3 Å². The van der Waals surface area contributed by atoms with Crippen molar-refractivity contribution >= 4 is 21.6 Å². The molecule has 0 aromatic heterocycles. The molecule has 0 radical (unpaired) electrons. The van der Waals surface area contributed by atoms with Crippen molar-refractivity contribution in [2.24, 2.45) is 0 Å². The lowest BCUT2D eigenvalue weighted by Crippen LogP contribution is -2.37. The molecule has 1 saturated carbocycles. The van der Waals surface area contributed by atoms with Crippen LogP contribution in [-0.2, 0) is 21.0 Å². The molecular weight excluding hydrogens is 381 g/mol. The van der Waals surface area contributed by atoms with Crippen molar-refractivity contribution in [3.63, 3.8) is 0 Å². The summed E-state index contributed by atoms with van der Waals surface area (Å²) in [7, 11) is -3.77. The van der Waals surface area contributed by atoms with Crippen molar-refractivity contribution in [2.75, 3.05) is 17.1 Å². The zero-order valence-electron chi connectivity index (χ0n) is 15.3. The topological polar surface area (TPSA) is 66.5 Å². The molecule has 1 aliphatic carbocycles. The van der Waals surface area contributed by atoms with Crippen molar-refractivity contribution in [1.82, 2.24) is 5.32 Å². The highest BCUT2D eigenvalue weighted by molar-refractivity contribution is 7.92. The highest BCUT2D eigenvalue weighted by Gasteiger charge is 2.31. The maximum atomic E-state index is 12.9. The number of nitrogens with zero attached hydrogens (tertiary/aromatic N) is 1. The van der Waals surface area contributed by atoms with Gasteiger partial charge in [0.1, 0.15) is 0 Å². The number of nitrogens with one attached hydrogen (secondary N) is 1. The van der Waals surface area contributed by atoms with Gasteiger partial charge in [-0.15, -0.1) is 0 Å². The fraction of sp³-hybridized carbons (Fsp3) is 0.611. The lowest BCUT2D eigenvalue weighted by Gasteiger charge is -2.24. The number of benzene rings is 1. The van der Waals surface area contributed by atoms with Crippen LogP contribution in [0.15, 0.2) is 24.3 Å². The molecule has 0 aliphatic heterocycles. The summed E-state index contributed by atoms with van der Waals surface area (Å²) in [5.74, 6) is -0.153. The summed E-state index contributed by atoms with van der Waals surface area (Å²) < 4.78 is 63.6. The maximum Gasteiger partial charge on any atom is 0.416 e. The summed E-state index contributed by atoms with van der Waals surface area (Å²) in [6.07, 6.45) is 1.98. The largest absolute Gasteiger partial charge is 0.416 e. The van der Waals surface area contributed by atoms with Crippen LogP contribution in [0, 0.1) is 0 Å². The van der Waals surface area contributed by atoms with Crippen LogP contribution < -0.4 is 9.62 Å². The quantitative estimate of drug-likeness (QED) is 0.751. The number of hydrogen-bond acceptors (Lipinski definition) is 3. The van der Waals surface area contributed by atoms with E-state index >= 15 is 0 Å². The average molecular weight is 406 g/mol. The van der Waals surface area contributed by atoms with Gasteiger partial charge in [0.15, 0.2) is 0 Å². The van der Waals surface area contributed by atoms with E-state index in [-0.39, 0.29) is 37.0 Å². The number of anilines is 1. The Hall–Kier alpha value is -1.77. The molecule has 0 atom stereocenters. The smallest absolute Gasteiger partial charge is 0.353 e. The zero-order valence-corrected chi connectivity index (χ0v) is 16.1. The Morgan fingerprint density at radius 3 is 2.48 bits per heavy atom. The first-order chi connectivity index (χ1) is 12.6. The number of sulfonamides is 1. The molecule has 0 bridgehead atoms. The van der Waals surface area contributed by atoms with E-state index in [4.69, 9.17) is 0 Å². The normalized spacial score (nSPS) is 16.1. The second-order valence-corrected chi connectivity index (χ2v) is 8.80. The van der Waals surface area contributed by atoms with Crippen molar-refractivity contribution in [3.8, 4) is 0 Å². The van der Waals surface area contributed by atoms with Gasteiger partial charge in [-0.25, -0.2) is 8.42 Å². The summed E-state index contributed by atoms with van der Waals surface area (Å²) in [5.41, 5.74) is -0.969.